The Labute approximate surface area is 138 Å². The summed E-state index contributed by atoms with van der Waals surface area (Å²) in [6.45, 7) is 4.28. The minimum atomic E-state index is -0.0959. The van der Waals surface area contributed by atoms with Gasteiger partial charge in [0.2, 0.25) is 11.0 Å². The molecule has 22 heavy (non-hydrogen) atoms. The Bertz CT molecular complexity index is 614. The van der Waals surface area contributed by atoms with Gasteiger partial charge in [-0.1, -0.05) is 49.1 Å². The third kappa shape index (κ3) is 4.99. The first-order valence-electron chi connectivity index (χ1n) is 7.03. The van der Waals surface area contributed by atoms with Crippen LogP contribution in [-0.4, -0.2) is 28.5 Å². The number of benzene rings is 1. The number of rotatable bonds is 7. The maximum Gasteiger partial charge on any atom is 0.230 e. The minimum absolute atomic E-state index is 0.0959. The monoisotopic (exact) mass is 337 g/mol. The molecule has 5 nitrogen and oxygen atoms in total. The van der Waals surface area contributed by atoms with E-state index >= 15 is 0 Å². The van der Waals surface area contributed by atoms with Crippen molar-refractivity contribution in [2.45, 2.75) is 36.3 Å². The lowest BCUT2D eigenvalue weighted by atomic mass is 10.1. The second kappa shape index (κ2) is 8.14. The molecular weight excluding hydrogens is 318 g/mol. The Morgan fingerprint density at radius 2 is 2.09 bits per heavy atom. The molecule has 1 N–H and O–H groups in total. The van der Waals surface area contributed by atoms with Gasteiger partial charge < -0.3 is 10.1 Å². The van der Waals surface area contributed by atoms with Crippen LogP contribution in [0.4, 0.5) is 5.13 Å². The minimum Gasteiger partial charge on any atom is -0.497 e. The molecule has 118 valence electrons. The summed E-state index contributed by atoms with van der Waals surface area (Å²) in [7, 11) is 1.62. The first-order chi connectivity index (χ1) is 10.6. The molecule has 0 saturated heterocycles. The Balaban J connectivity index is 1.88. The zero-order valence-electron chi connectivity index (χ0n) is 12.8. The fourth-order valence-corrected chi connectivity index (χ4v) is 3.67. The van der Waals surface area contributed by atoms with Gasteiger partial charge in [-0.15, -0.1) is 10.2 Å². The van der Waals surface area contributed by atoms with Gasteiger partial charge in [-0.25, -0.2) is 0 Å². The van der Waals surface area contributed by atoms with Gasteiger partial charge in [0, 0.05) is 5.25 Å². The summed E-state index contributed by atoms with van der Waals surface area (Å²) >= 11 is 3.09. The molecule has 0 saturated carbocycles. The molecule has 0 fully saturated rings. The molecule has 0 unspecified atom stereocenters. The quantitative estimate of drug-likeness (QED) is 0.617. The summed E-state index contributed by atoms with van der Waals surface area (Å²) in [5.41, 5.74) is 0.928. The van der Waals surface area contributed by atoms with Crippen molar-refractivity contribution < 1.29 is 9.53 Å². The van der Waals surface area contributed by atoms with Gasteiger partial charge in [0.25, 0.3) is 0 Å². The van der Waals surface area contributed by atoms with Crippen LogP contribution < -0.4 is 10.1 Å². The van der Waals surface area contributed by atoms with Crippen molar-refractivity contribution in [3.8, 4) is 5.75 Å². The van der Waals surface area contributed by atoms with Crippen LogP contribution in [0, 0.1) is 0 Å². The number of amides is 1. The van der Waals surface area contributed by atoms with E-state index in [1.165, 1.54) is 11.3 Å². The molecule has 0 radical (unpaired) electrons. The predicted octanol–water partition coefficient (Wildman–Crippen LogP) is 3.62. The van der Waals surface area contributed by atoms with Gasteiger partial charge in [-0.05, 0) is 24.1 Å². The van der Waals surface area contributed by atoms with Crippen LogP contribution in [0.5, 0.6) is 5.75 Å². The van der Waals surface area contributed by atoms with Crippen LogP contribution in [0.25, 0.3) is 0 Å². The van der Waals surface area contributed by atoms with Crippen LogP contribution in [0.15, 0.2) is 28.6 Å². The number of nitrogens with zero attached hydrogens (tertiary/aromatic N) is 2. The summed E-state index contributed by atoms with van der Waals surface area (Å²) < 4.78 is 5.98. The van der Waals surface area contributed by atoms with Crippen molar-refractivity contribution in [2.75, 3.05) is 12.4 Å². The van der Waals surface area contributed by atoms with Gasteiger partial charge in [-0.2, -0.15) is 0 Å². The number of anilines is 1. The number of nitrogens with one attached hydrogen (secondary N) is 1. The second-order valence-corrected chi connectivity index (χ2v) is 7.45. The number of methoxy groups -OCH3 is 1. The highest BCUT2D eigenvalue weighted by Gasteiger charge is 2.11. The highest BCUT2D eigenvalue weighted by Crippen LogP contribution is 2.29. The molecule has 1 aromatic heterocycles. The van der Waals surface area contributed by atoms with E-state index in [1.54, 1.807) is 18.9 Å². The van der Waals surface area contributed by atoms with Gasteiger partial charge in [-0.3, -0.25) is 4.79 Å². The number of hydrogen-bond acceptors (Lipinski definition) is 6. The molecular formula is C15H19N3O2S2. The molecule has 1 heterocycles. The lowest BCUT2D eigenvalue weighted by Crippen LogP contribution is -2.14. The maximum absolute atomic E-state index is 12.0. The molecule has 0 bridgehead atoms. The van der Waals surface area contributed by atoms with E-state index in [4.69, 9.17) is 4.74 Å². The first kappa shape index (κ1) is 16.8. The lowest BCUT2D eigenvalue weighted by molar-refractivity contribution is -0.115. The summed E-state index contributed by atoms with van der Waals surface area (Å²) in [5, 5.41) is 11.9. The third-order valence-electron chi connectivity index (χ3n) is 3.05. The van der Waals surface area contributed by atoms with Gasteiger partial charge in [0.1, 0.15) is 5.75 Å². The molecule has 1 amide bonds. The van der Waals surface area contributed by atoms with Crippen molar-refractivity contribution in [3.63, 3.8) is 0 Å². The summed E-state index contributed by atoms with van der Waals surface area (Å²) in [4.78, 5) is 12.0. The van der Waals surface area contributed by atoms with E-state index in [1.807, 2.05) is 24.3 Å². The summed E-state index contributed by atoms with van der Waals surface area (Å²) in [6.07, 6.45) is 1.38. The Morgan fingerprint density at radius 3 is 2.73 bits per heavy atom. The third-order valence-corrected chi connectivity index (χ3v) is 5.24. The van der Waals surface area contributed by atoms with Crippen LogP contribution in [0.3, 0.4) is 0 Å². The molecule has 1 aromatic carbocycles. The fourth-order valence-electron chi connectivity index (χ4n) is 1.66. The fraction of sp³-hybridized carbons (Fsp3) is 0.400. The van der Waals surface area contributed by atoms with Crippen LogP contribution in [0.2, 0.25) is 0 Å². The smallest absolute Gasteiger partial charge is 0.230 e. The van der Waals surface area contributed by atoms with E-state index in [-0.39, 0.29) is 5.91 Å². The Morgan fingerprint density at radius 1 is 1.36 bits per heavy atom. The lowest BCUT2D eigenvalue weighted by Gasteiger charge is -2.03. The number of carbonyl (C=O) groups is 1. The standard InChI is InChI=1S/C15H19N3O2S2/c1-4-10(2)21-15-18-17-14(22-15)16-13(19)9-11-5-7-12(20-3)8-6-11/h5-8,10H,4,9H2,1-3H3,(H,16,17,19)/t10-/m1/s1. The van der Waals surface area contributed by atoms with Crippen LogP contribution in [0.1, 0.15) is 25.8 Å². The van der Waals surface area contributed by atoms with Crippen molar-refractivity contribution in [3.05, 3.63) is 29.8 Å². The summed E-state index contributed by atoms with van der Waals surface area (Å²) in [6, 6.07) is 7.44. The van der Waals surface area contributed by atoms with Crippen molar-refractivity contribution in [2.24, 2.45) is 0 Å². The SMILES string of the molecule is CC[C@@H](C)Sc1nnc(NC(=O)Cc2ccc(OC)cc2)s1. The molecule has 2 aromatic rings. The highest BCUT2D eigenvalue weighted by atomic mass is 32.2. The van der Waals surface area contributed by atoms with Crippen LogP contribution >= 0.6 is 23.1 Å². The number of carbonyl (C=O) groups excluding carboxylic acids is 1. The van der Waals surface area contributed by atoms with Crippen molar-refractivity contribution in [1.29, 1.82) is 0 Å². The molecule has 0 aliphatic heterocycles. The highest BCUT2D eigenvalue weighted by molar-refractivity contribution is 8.01. The van der Waals surface area contributed by atoms with Gasteiger partial charge in [0.05, 0.1) is 13.5 Å². The van der Waals surface area contributed by atoms with E-state index in [0.29, 0.717) is 16.8 Å². The summed E-state index contributed by atoms with van der Waals surface area (Å²) in [5.74, 6) is 0.682. The zero-order valence-corrected chi connectivity index (χ0v) is 14.5. The number of hydrogen-bond donors (Lipinski definition) is 1. The molecule has 7 heteroatoms. The van der Waals surface area contributed by atoms with Gasteiger partial charge in [0.15, 0.2) is 4.34 Å². The van der Waals surface area contributed by atoms with Gasteiger partial charge >= 0.3 is 0 Å². The maximum atomic E-state index is 12.0. The van der Waals surface area contributed by atoms with Crippen molar-refractivity contribution >= 4 is 34.1 Å². The van der Waals surface area contributed by atoms with E-state index in [0.717, 1.165) is 22.1 Å². The van der Waals surface area contributed by atoms with Crippen LogP contribution in [-0.2, 0) is 11.2 Å². The largest absolute Gasteiger partial charge is 0.497 e. The second-order valence-electron chi connectivity index (χ2n) is 4.78. The van der Waals surface area contributed by atoms with E-state index in [9.17, 15) is 4.79 Å². The normalized spacial score (nSPS) is 12.0. The zero-order chi connectivity index (χ0) is 15.9. The Hall–Kier alpha value is -1.60. The molecule has 0 spiro atoms. The average Bonchev–Trinajstić information content (AvgIpc) is 2.94. The topological polar surface area (TPSA) is 64.1 Å². The van der Waals surface area contributed by atoms with E-state index < -0.39 is 0 Å². The molecule has 0 aliphatic carbocycles. The number of ether oxygens (including phenoxy) is 1. The molecule has 0 aliphatic rings. The predicted molar refractivity (Wildman–Crippen MR) is 90.8 cm³/mol. The average molecular weight is 337 g/mol. The molecule has 1 atom stereocenters. The van der Waals surface area contributed by atoms with E-state index in [2.05, 4.69) is 29.4 Å². The van der Waals surface area contributed by atoms with Crippen molar-refractivity contribution in [1.82, 2.24) is 10.2 Å². The Kier molecular flexibility index (Phi) is 6.21. The number of thioether (sulfide) groups is 1. The first-order valence-corrected chi connectivity index (χ1v) is 8.73. The molecule has 2 rings (SSSR count). The number of aromatic nitrogens is 2.